The lowest BCUT2D eigenvalue weighted by atomic mass is 9.96. The van der Waals surface area contributed by atoms with Gasteiger partial charge in [0, 0.05) is 30.7 Å². The van der Waals surface area contributed by atoms with Gasteiger partial charge >= 0.3 is 0 Å². The van der Waals surface area contributed by atoms with Crippen LogP contribution in [0.25, 0.3) is 28.0 Å². The number of aromatic nitrogens is 8. The van der Waals surface area contributed by atoms with E-state index in [2.05, 4.69) is 65.6 Å². The van der Waals surface area contributed by atoms with E-state index in [0.29, 0.717) is 12.0 Å². The van der Waals surface area contributed by atoms with Crippen molar-refractivity contribution in [3.63, 3.8) is 0 Å². The van der Waals surface area contributed by atoms with Crippen LogP contribution in [0.2, 0.25) is 0 Å². The van der Waals surface area contributed by atoms with Crippen molar-refractivity contribution in [1.29, 1.82) is 0 Å². The number of fused-ring (bicyclic) bond motifs is 1. The summed E-state index contributed by atoms with van der Waals surface area (Å²) in [4.78, 5) is 13.5. The number of benzene rings is 1. The number of imidazole rings is 1. The lowest BCUT2D eigenvalue weighted by Crippen LogP contribution is -2.12. The second-order valence-electron chi connectivity index (χ2n) is 8.59. The Kier molecular flexibility index (Phi) is 4.86. The highest BCUT2D eigenvalue weighted by Crippen LogP contribution is 2.30. The molecule has 166 valence electrons. The van der Waals surface area contributed by atoms with Crippen molar-refractivity contribution in [2.75, 3.05) is 5.32 Å². The molecule has 1 aliphatic rings. The largest absolute Gasteiger partial charge is 0.321 e. The summed E-state index contributed by atoms with van der Waals surface area (Å²) in [7, 11) is 1.87. The lowest BCUT2D eigenvalue weighted by Gasteiger charge is -2.21. The van der Waals surface area contributed by atoms with Crippen LogP contribution in [-0.4, -0.2) is 39.1 Å². The fraction of sp³-hybridized carbons (Fsp3) is 0.292. The van der Waals surface area contributed by atoms with E-state index in [0.717, 1.165) is 33.7 Å². The standard InChI is InChI=1S/C24H25N9/c1-31-15-19(12-27-31)29-24-25-13-22-23(30-24)32(16-26-22)20-9-7-17(8-10-20)18-11-28-33(14-18)21-5-3-2-4-6-21/h7-16,21H,2-6H2,1H3,(H,25,29,30). The Morgan fingerprint density at radius 3 is 2.52 bits per heavy atom. The van der Waals surface area contributed by atoms with Crippen molar-refractivity contribution < 1.29 is 0 Å². The van der Waals surface area contributed by atoms with Gasteiger partial charge in [0.15, 0.2) is 5.65 Å². The Hall–Kier alpha value is -4.01. The zero-order valence-electron chi connectivity index (χ0n) is 18.5. The molecule has 5 aromatic rings. The molecule has 1 N–H and O–H groups in total. The van der Waals surface area contributed by atoms with Gasteiger partial charge in [-0.15, -0.1) is 0 Å². The Bertz CT molecular complexity index is 1390. The monoisotopic (exact) mass is 439 g/mol. The third-order valence-corrected chi connectivity index (χ3v) is 6.28. The Labute approximate surface area is 191 Å². The summed E-state index contributed by atoms with van der Waals surface area (Å²) >= 11 is 0. The molecule has 1 aromatic carbocycles. The maximum absolute atomic E-state index is 4.68. The Balaban J connectivity index is 1.26. The molecule has 0 bridgehead atoms. The van der Waals surface area contributed by atoms with Gasteiger partial charge in [0.2, 0.25) is 5.95 Å². The summed E-state index contributed by atoms with van der Waals surface area (Å²) in [5.74, 6) is 0.504. The number of nitrogens with one attached hydrogen (secondary N) is 1. The first-order valence-corrected chi connectivity index (χ1v) is 11.3. The van der Waals surface area contributed by atoms with E-state index in [4.69, 9.17) is 0 Å². The summed E-state index contributed by atoms with van der Waals surface area (Å²) < 4.78 is 5.85. The van der Waals surface area contributed by atoms with Crippen LogP contribution in [0.4, 0.5) is 11.6 Å². The van der Waals surface area contributed by atoms with Gasteiger partial charge in [-0.1, -0.05) is 31.4 Å². The number of anilines is 2. The SMILES string of the molecule is Cn1cc(Nc2ncc3ncn(-c4ccc(-c5cnn(C6CCCCC6)c5)cc4)c3n2)cn1. The van der Waals surface area contributed by atoms with Crippen LogP contribution in [0.15, 0.2) is 61.6 Å². The van der Waals surface area contributed by atoms with Crippen molar-refractivity contribution in [2.45, 2.75) is 38.1 Å². The van der Waals surface area contributed by atoms with Gasteiger partial charge in [-0.25, -0.2) is 9.97 Å². The molecule has 0 amide bonds. The summed E-state index contributed by atoms with van der Waals surface area (Å²) in [6, 6.07) is 8.96. The average molecular weight is 440 g/mol. The molecule has 1 fully saturated rings. The summed E-state index contributed by atoms with van der Waals surface area (Å²) in [5.41, 5.74) is 5.61. The molecule has 33 heavy (non-hydrogen) atoms. The maximum Gasteiger partial charge on any atom is 0.229 e. The van der Waals surface area contributed by atoms with Crippen LogP contribution in [-0.2, 0) is 7.05 Å². The number of nitrogens with zero attached hydrogens (tertiary/aromatic N) is 8. The van der Waals surface area contributed by atoms with E-state index in [9.17, 15) is 0 Å². The molecule has 0 atom stereocenters. The fourth-order valence-corrected chi connectivity index (χ4v) is 4.52. The van der Waals surface area contributed by atoms with Crippen molar-refractivity contribution in [3.05, 3.63) is 61.6 Å². The predicted octanol–water partition coefficient (Wildman–Crippen LogP) is 4.66. The van der Waals surface area contributed by atoms with Gasteiger partial charge in [-0.3, -0.25) is 13.9 Å². The van der Waals surface area contributed by atoms with Gasteiger partial charge < -0.3 is 5.32 Å². The normalized spacial score (nSPS) is 14.7. The first kappa shape index (κ1) is 19.7. The first-order chi connectivity index (χ1) is 16.2. The van der Waals surface area contributed by atoms with Crippen molar-refractivity contribution in [1.82, 2.24) is 39.1 Å². The van der Waals surface area contributed by atoms with E-state index in [-0.39, 0.29) is 0 Å². The molecule has 9 heteroatoms. The predicted molar refractivity (Wildman–Crippen MR) is 126 cm³/mol. The van der Waals surface area contributed by atoms with E-state index in [1.165, 1.54) is 32.1 Å². The lowest BCUT2D eigenvalue weighted by molar-refractivity contribution is 0.329. The van der Waals surface area contributed by atoms with E-state index in [1.54, 1.807) is 23.4 Å². The highest BCUT2D eigenvalue weighted by atomic mass is 15.3. The molecule has 0 spiro atoms. The van der Waals surface area contributed by atoms with E-state index in [1.807, 2.05) is 24.0 Å². The van der Waals surface area contributed by atoms with E-state index >= 15 is 0 Å². The minimum absolute atomic E-state index is 0.504. The van der Waals surface area contributed by atoms with Crippen LogP contribution in [0.1, 0.15) is 38.1 Å². The van der Waals surface area contributed by atoms with Gasteiger partial charge in [-0.2, -0.15) is 15.2 Å². The minimum atomic E-state index is 0.504. The maximum atomic E-state index is 4.68. The van der Waals surface area contributed by atoms with Gasteiger partial charge in [0.25, 0.3) is 0 Å². The zero-order valence-corrected chi connectivity index (χ0v) is 18.5. The molecular weight excluding hydrogens is 414 g/mol. The molecule has 0 aliphatic heterocycles. The molecule has 4 aromatic heterocycles. The third-order valence-electron chi connectivity index (χ3n) is 6.28. The smallest absolute Gasteiger partial charge is 0.229 e. The molecule has 0 saturated heterocycles. The zero-order chi connectivity index (χ0) is 22.2. The topological polar surface area (TPSA) is 91.3 Å². The van der Waals surface area contributed by atoms with Crippen molar-refractivity contribution in [2.24, 2.45) is 7.05 Å². The molecule has 0 unspecified atom stereocenters. The number of hydrogen-bond donors (Lipinski definition) is 1. The third kappa shape index (κ3) is 3.86. The molecule has 4 heterocycles. The van der Waals surface area contributed by atoms with Crippen LogP contribution in [0.5, 0.6) is 0 Å². The quantitative estimate of drug-likeness (QED) is 0.428. The van der Waals surface area contributed by atoms with Crippen LogP contribution in [0, 0.1) is 0 Å². The second-order valence-corrected chi connectivity index (χ2v) is 8.59. The summed E-state index contributed by atoms with van der Waals surface area (Å²) in [6.07, 6.45) is 17.7. The minimum Gasteiger partial charge on any atom is -0.321 e. The Morgan fingerprint density at radius 1 is 0.879 bits per heavy atom. The molecule has 1 aliphatic carbocycles. The number of aryl methyl sites for hydroxylation is 1. The first-order valence-electron chi connectivity index (χ1n) is 11.3. The molecule has 0 radical (unpaired) electrons. The van der Waals surface area contributed by atoms with Gasteiger partial charge in [-0.05, 0) is 30.5 Å². The number of rotatable bonds is 5. The Morgan fingerprint density at radius 2 is 1.73 bits per heavy atom. The molecule has 9 nitrogen and oxygen atoms in total. The molecule has 6 rings (SSSR count). The highest BCUT2D eigenvalue weighted by Gasteiger charge is 2.16. The number of hydrogen-bond acceptors (Lipinski definition) is 6. The highest BCUT2D eigenvalue weighted by molar-refractivity contribution is 5.74. The van der Waals surface area contributed by atoms with Gasteiger partial charge in [0.1, 0.15) is 11.8 Å². The van der Waals surface area contributed by atoms with Crippen molar-refractivity contribution in [3.8, 4) is 16.8 Å². The summed E-state index contributed by atoms with van der Waals surface area (Å²) in [6.45, 7) is 0. The summed E-state index contributed by atoms with van der Waals surface area (Å²) in [5, 5.41) is 12.0. The molecular formula is C24H25N9. The van der Waals surface area contributed by atoms with Crippen LogP contribution >= 0.6 is 0 Å². The van der Waals surface area contributed by atoms with Crippen molar-refractivity contribution >= 4 is 22.8 Å². The van der Waals surface area contributed by atoms with E-state index < -0.39 is 0 Å². The average Bonchev–Trinajstić information content (AvgIpc) is 3.60. The van der Waals surface area contributed by atoms with Crippen LogP contribution < -0.4 is 5.32 Å². The van der Waals surface area contributed by atoms with Gasteiger partial charge in [0.05, 0.1) is 30.3 Å². The van der Waals surface area contributed by atoms with Crippen LogP contribution in [0.3, 0.4) is 0 Å². The fourth-order valence-electron chi connectivity index (χ4n) is 4.52. The molecule has 1 saturated carbocycles. The second kappa shape index (κ2) is 8.16.